The van der Waals surface area contributed by atoms with Crippen molar-refractivity contribution in [1.29, 1.82) is 0 Å². The van der Waals surface area contributed by atoms with Gasteiger partial charge in [0.15, 0.2) is 0 Å². The van der Waals surface area contributed by atoms with Gasteiger partial charge in [-0.2, -0.15) is 0 Å². The number of alkyl halides is 1. The van der Waals surface area contributed by atoms with E-state index in [0.717, 1.165) is 22.2 Å². The summed E-state index contributed by atoms with van der Waals surface area (Å²) in [6.07, 6.45) is 0.831. The van der Waals surface area contributed by atoms with E-state index in [0.29, 0.717) is 16.7 Å². The Balaban J connectivity index is 2.14. The molecular formula is C16H14Br2Cl2O. The summed E-state index contributed by atoms with van der Waals surface area (Å²) in [5.74, 6) is 0.857. The molecule has 0 fully saturated rings. The number of rotatable bonds is 5. The third-order valence-electron chi connectivity index (χ3n) is 3.02. The van der Waals surface area contributed by atoms with Crippen molar-refractivity contribution in [1.82, 2.24) is 0 Å². The van der Waals surface area contributed by atoms with Crippen LogP contribution >= 0.6 is 55.1 Å². The Bertz CT molecular complexity index is 632. The zero-order valence-electron chi connectivity index (χ0n) is 11.4. The molecule has 0 amide bonds. The van der Waals surface area contributed by atoms with Crippen molar-refractivity contribution in [2.45, 2.75) is 18.2 Å². The predicted octanol–water partition coefficient (Wildman–Crippen LogP) is 6.83. The molecule has 21 heavy (non-hydrogen) atoms. The van der Waals surface area contributed by atoms with E-state index in [2.05, 4.69) is 44.0 Å². The number of hydrogen-bond acceptors (Lipinski definition) is 1. The van der Waals surface area contributed by atoms with Crippen LogP contribution in [0.4, 0.5) is 0 Å². The highest BCUT2D eigenvalue weighted by Gasteiger charge is 2.12. The first kappa shape index (κ1) is 17.1. The van der Waals surface area contributed by atoms with Crippen LogP contribution in [0.5, 0.6) is 5.75 Å². The highest BCUT2D eigenvalue weighted by molar-refractivity contribution is 9.10. The van der Waals surface area contributed by atoms with Gasteiger partial charge in [0.2, 0.25) is 0 Å². The summed E-state index contributed by atoms with van der Waals surface area (Å²) in [5, 5.41) is 1.16. The molecule has 0 spiro atoms. The Morgan fingerprint density at radius 2 is 1.86 bits per heavy atom. The molecular weight excluding hydrogens is 439 g/mol. The van der Waals surface area contributed by atoms with Crippen molar-refractivity contribution in [2.75, 3.05) is 6.61 Å². The van der Waals surface area contributed by atoms with Crippen LogP contribution in [0, 0.1) is 0 Å². The second-order valence-corrected chi connectivity index (χ2v) is 7.32. The van der Waals surface area contributed by atoms with Gasteiger partial charge >= 0.3 is 0 Å². The summed E-state index contributed by atoms with van der Waals surface area (Å²) in [5.41, 5.74) is 2.31. The normalized spacial score (nSPS) is 12.2. The minimum Gasteiger partial charge on any atom is -0.493 e. The summed E-state index contributed by atoms with van der Waals surface area (Å²) in [4.78, 5) is 0.196. The van der Waals surface area contributed by atoms with Gasteiger partial charge in [-0.1, -0.05) is 51.3 Å². The number of hydrogen-bond donors (Lipinski definition) is 0. The van der Waals surface area contributed by atoms with Gasteiger partial charge in [-0.05, 0) is 64.7 Å². The van der Waals surface area contributed by atoms with Gasteiger partial charge in [-0.25, -0.2) is 0 Å². The Morgan fingerprint density at radius 3 is 2.48 bits per heavy atom. The molecule has 1 nitrogen and oxygen atoms in total. The van der Waals surface area contributed by atoms with Gasteiger partial charge in [-0.15, -0.1) is 0 Å². The second kappa shape index (κ2) is 7.87. The molecule has 0 aliphatic rings. The zero-order valence-corrected chi connectivity index (χ0v) is 16.1. The van der Waals surface area contributed by atoms with Gasteiger partial charge in [0.05, 0.1) is 21.1 Å². The fourth-order valence-electron chi connectivity index (χ4n) is 1.98. The van der Waals surface area contributed by atoms with Gasteiger partial charge in [-0.3, -0.25) is 0 Å². The van der Waals surface area contributed by atoms with Crippen LogP contribution in [0.3, 0.4) is 0 Å². The topological polar surface area (TPSA) is 9.23 Å². The van der Waals surface area contributed by atoms with E-state index < -0.39 is 0 Å². The molecule has 1 unspecified atom stereocenters. The minimum atomic E-state index is 0.196. The fraction of sp³-hybridized carbons (Fsp3) is 0.250. The van der Waals surface area contributed by atoms with Crippen molar-refractivity contribution < 1.29 is 4.74 Å². The Morgan fingerprint density at radius 1 is 1.10 bits per heavy atom. The first-order chi connectivity index (χ1) is 10.0. The van der Waals surface area contributed by atoms with Crippen molar-refractivity contribution in [2.24, 2.45) is 0 Å². The monoisotopic (exact) mass is 450 g/mol. The smallest absolute Gasteiger partial charge is 0.133 e. The lowest BCUT2D eigenvalue weighted by Crippen LogP contribution is -1.97. The maximum atomic E-state index is 6.05. The van der Waals surface area contributed by atoms with E-state index in [9.17, 15) is 0 Å². The van der Waals surface area contributed by atoms with Gasteiger partial charge < -0.3 is 4.74 Å². The number of ether oxygens (including phenoxy) is 1. The lowest BCUT2D eigenvalue weighted by atomic mass is 10.0. The summed E-state index contributed by atoms with van der Waals surface area (Å²) >= 11 is 19.3. The molecule has 1 atom stereocenters. The molecule has 5 heteroatoms. The highest BCUT2D eigenvalue weighted by Crippen LogP contribution is 2.34. The maximum absolute atomic E-state index is 6.05. The highest BCUT2D eigenvalue weighted by atomic mass is 79.9. The molecule has 112 valence electrons. The molecule has 0 N–H and O–H groups in total. The van der Waals surface area contributed by atoms with Crippen molar-refractivity contribution in [3.8, 4) is 5.75 Å². The molecule has 0 bridgehead atoms. The lowest BCUT2D eigenvalue weighted by Gasteiger charge is -2.13. The molecule has 2 rings (SSSR count). The van der Waals surface area contributed by atoms with E-state index >= 15 is 0 Å². The van der Waals surface area contributed by atoms with Crippen LogP contribution in [0.25, 0.3) is 0 Å². The number of benzene rings is 2. The number of halogens is 4. The lowest BCUT2D eigenvalue weighted by molar-refractivity contribution is 0.338. The molecule has 2 aromatic rings. The Labute approximate surface area is 151 Å². The van der Waals surface area contributed by atoms with Crippen LogP contribution in [-0.2, 0) is 6.42 Å². The maximum Gasteiger partial charge on any atom is 0.133 e. The molecule has 0 saturated carbocycles. The van der Waals surface area contributed by atoms with Crippen molar-refractivity contribution in [3.05, 3.63) is 62.0 Å². The molecule has 0 aliphatic carbocycles. The van der Waals surface area contributed by atoms with Crippen LogP contribution in [0.15, 0.2) is 40.9 Å². The molecule has 0 aliphatic heterocycles. The third kappa shape index (κ3) is 4.62. The minimum absolute atomic E-state index is 0.196. The summed E-state index contributed by atoms with van der Waals surface area (Å²) in [6, 6.07) is 11.8. The average molecular weight is 453 g/mol. The fourth-order valence-corrected chi connectivity index (χ4v) is 3.47. The molecule has 0 saturated heterocycles. The van der Waals surface area contributed by atoms with Crippen LogP contribution in [0.1, 0.15) is 22.9 Å². The summed E-state index contributed by atoms with van der Waals surface area (Å²) < 4.78 is 6.48. The summed E-state index contributed by atoms with van der Waals surface area (Å²) in [7, 11) is 0. The zero-order chi connectivity index (χ0) is 15.4. The van der Waals surface area contributed by atoms with Gasteiger partial charge in [0.1, 0.15) is 5.75 Å². The van der Waals surface area contributed by atoms with E-state index in [1.165, 1.54) is 5.56 Å². The standard InChI is InChI=1S/C16H14Br2Cl2O/c1-2-21-16-6-4-11(9-13(16)18)12(17)7-10-3-5-14(19)15(20)8-10/h3-6,8-9,12H,2,7H2,1H3. The average Bonchev–Trinajstić information content (AvgIpc) is 2.45. The van der Waals surface area contributed by atoms with E-state index in [1.807, 2.05) is 31.2 Å². The molecule has 0 heterocycles. The quantitative estimate of drug-likeness (QED) is 0.451. The van der Waals surface area contributed by atoms with Crippen LogP contribution in [0.2, 0.25) is 10.0 Å². The molecule has 2 aromatic carbocycles. The van der Waals surface area contributed by atoms with Crippen LogP contribution in [-0.4, -0.2) is 6.61 Å². The van der Waals surface area contributed by atoms with E-state index in [1.54, 1.807) is 0 Å². The Kier molecular flexibility index (Phi) is 6.42. The van der Waals surface area contributed by atoms with Crippen LogP contribution < -0.4 is 4.74 Å². The van der Waals surface area contributed by atoms with Crippen molar-refractivity contribution in [3.63, 3.8) is 0 Å². The van der Waals surface area contributed by atoms with E-state index in [-0.39, 0.29) is 4.83 Å². The first-order valence-corrected chi connectivity index (χ1v) is 8.98. The van der Waals surface area contributed by atoms with Gasteiger partial charge in [0.25, 0.3) is 0 Å². The summed E-state index contributed by atoms with van der Waals surface area (Å²) in [6.45, 7) is 2.62. The van der Waals surface area contributed by atoms with E-state index in [4.69, 9.17) is 27.9 Å². The SMILES string of the molecule is CCOc1ccc(C(Br)Cc2ccc(Cl)c(Cl)c2)cc1Br. The van der Waals surface area contributed by atoms with Crippen molar-refractivity contribution >= 4 is 55.1 Å². The third-order valence-corrected chi connectivity index (χ3v) is 5.23. The van der Waals surface area contributed by atoms with Gasteiger partial charge in [0, 0.05) is 4.83 Å². The molecule has 0 aromatic heterocycles. The second-order valence-electron chi connectivity index (χ2n) is 4.54. The molecule has 0 radical (unpaired) electrons. The Hall–Kier alpha value is -0.220. The predicted molar refractivity (Wildman–Crippen MR) is 97.1 cm³/mol. The first-order valence-electron chi connectivity index (χ1n) is 6.51. The largest absolute Gasteiger partial charge is 0.493 e.